The second kappa shape index (κ2) is 8.13. The van der Waals surface area contributed by atoms with Crippen LogP contribution in [0.1, 0.15) is 36.8 Å². The van der Waals surface area contributed by atoms with E-state index in [0.29, 0.717) is 23.2 Å². The molecule has 0 spiro atoms. The summed E-state index contributed by atoms with van der Waals surface area (Å²) in [5.41, 5.74) is 3.50. The zero-order chi connectivity index (χ0) is 20.1. The molecule has 3 aliphatic rings. The number of hydrogen-bond acceptors (Lipinski definition) is 5. The number of aryl methyl sites for hydroxylation is 2. The Hall–Kier alpha value is -2.22. The molecule has 0 aliphatic heterocycles. The van der Waals surface area contributed by atoms with Crippen molar-refractivity contribution >= 4 is 22.8 Å². The van der Waals surface area contributed by atoms with Gasteiger partial charge in [-0.1, -0.05) is 29.7 Å². The second-order valence-corrected chi connectivity index (χ2v) is 8.49. The number of fused-ring (bicyclic) bond motifs is 4. The number of carboxylic acids is 1. The topological polar surface area (TPSA) is 102 Å². The summed E-state index contributed by atoms with van der Waals surface area (Å²) < 4.78 is 0. The summed E-state index contributed by atoms with van der Waals surface area (Å²) in [7, 11) is 0. The molecule has 6 rings (SSSR count). The number of aliphatic carboxylic acids is 1. The molecule has 2 bridgehead atoms. The number of carboxylic acid groups (broad SMARTS) is 1. The third-order valence-corrected chi connectivity index (χ3v) is 6.63. The van der Waals surface area contributed by atoms with Crippen LogP contribution in [0.4, 0.5) is 5.82 Å². The molecule has 0 aromatic carbocycles. The van der Waals surface area contributed by atoms with Gasteiger partial charge in [-0.2, -0.15) is 0 Å². The SMILES string of the molecule is Cc1cnc2[n-]cc(-c3ncc(C)c(NC4C5CCC(CC5)[C@@H]4C(=O)O)n3)c2c1.[Ta]. The van der Waals surface area contributed by atoms with Crippen molar-refractivity contribution in [3.8, 4) is 11.4 Å². The Bertz CT molecular complexity index is 1090. The minimum absolute atomic E-state index is 0. The van der Waals surface area contributed by atoms with Gasteiger partial charge in [0, 0.05) is 45.7 Å². The van der Waals surface area contributed by atoms with E-state index in [2.05, 4.69) is 20.3 Å². The average Bonchev–Trinajstić information content (AvgIpc) is 3.13. The van der Waals surface area contributed by atoms with Gasteiger partial charge < -0.3 is 20.4 Å². The van der Waals surface area contributed by atoms with E-state index < -0.39 is 5.97 Å². The summed E-state index contributed by atoms with van der Waals surface area (Å²) >= 11 is 0. The minimum atomic E-state index is -0.698. The molecule has 1 radical (unpaired) electrons. The van der Waals surface area contributed by atoms with Crippen molar-refractivity contribution in [3.63, 3.8) is 0 Å². The van der Waals surface area contributed by atoms with Crippen LogP contribution in [0, 0.1) is 31.6 Å². The van der Waals surface area contributed by atoms with Gasteiger partial charge in [-0.25, -0.2) is 9.97 Å². The average molecular weight is 571 g/mol. The molecule has 8 heteroatoms. The summed E-state index contributed by atoms with van der Waals surface area (Å²) in [6.07, 6.45) is 9.57. The maximum atomic E-state index is 12.0. The molecule has 3 saturated carbocycles. The predicted molar refractivity (Wildman–Crippen MR) is 110 cm³/mol. The first kappa shape index (κ1) is 21.0. The monoisotopic (exact) mass is 571 g/mol. The van der Waals surface area contributed by atoms with E-state index in [-0.39, 0.29) is 40.3 Å². The largest absolute Gasteiger partial charge is 0.481 e. The van der Waals surface area contributed by atoms with Crippen molar-refractivity contribution in [1.29, 1.82) is 0 Å². The molecule has 3 fully saturated rings. The predicted octanol–water partition coefficient (Wildman–Crippen LogP) is 3.56. The number of aromatic nitrogens is 4. The number of pyridine rings is 1. The fraction of sp³-hybridized carbons (Fsp3) is 0.455. The van der Waals surface area contributed by atoms with Crippen molar-refractivity contribution in [2.24, 2.45) is 17.8 Å². The molecule has 7 nitrogen and oxygen atoms in total. The van der Waals surface area contributed by atoms with Crippen molar-refractivity contribution < 1.29 is 32.3 Å². The fourth-order valence-corrected chi connectivity index (χ4v) is 5.12. The minimum Gasteiger partial charge on any atom is -0.481 e. The Morgan fingerprint density at radius 2 is 1.87 bits per heavy atom. The van der Waals surface area contributed by atoms with Crippen LogP contribution in [0.3, 0.4) is 0 Å². The summed E-state index contributed by atoms with van der Waals surface area (Å²) in [6, 6.07) is 1.96. The van der Waals surface area contributed by atoms with Gasteiger partial charge in [0.05, 0.1) is 5.92 Å². The normalized spacial score (nSPS) is 25.1. The molecule has 2 atom stereocenters. The number of anilines is 1. The molecule has 0 saturated heterocycles. The zero-order valence-electron chi connectivity index (χ0n) is 17.0. The smallest absolute Gasteiger partial charge is 0.308 e. The van der Waals surface area contributed by atoms with Gasteiger partial charge in [-0.3, -0.25) is 4.79 Å². The van der Waals surface area contributed by atoms with Gasteiger partial charge >= 0.3 is 5.97 Å². The zero-order valence-corrected chi connectivity index (χ0v) is 20.3. The summed E-state index contributed by atoms with van der Waals surface area (Å²) in [5, 5.41) is 14.3. The standard InChI is InChI=1S/C22H25N5O2.Ta/c1-11-7-15-16(10-25-20(15)23-8-11)21-24-9-12(2)19(27-21)26-18-14-5-3-13(4-6-14)17(18)22(28)29;/h7-10,13-14,17-18H,3-6H2,1-2H3,(H3,23,24,25,26,27,28,29);/p-1/t13?,14?,17-,18?;/m0./s1. The Labute approximate surface area is 190 Å². The van der Waals surface area contributed by atoms with Crippen molar-refractivity contribution in [3.05, 3.63) is 35.8 Å². The molecule has 3 heterocycles. The van der Waals surface area contributed by atoms with Gasteiger partial charge in [0.1, 0.15) is 5.82 Å². The van der Waals surface area contributed by atoms with Crippen molar-refractivity contribution in [2.75, 3.05) is 5.32 Å². The van der Waals surface area contributed by atoms with E-state index in [4.69, 9.17) is 4.98 Å². The molecule has 0 amide bonds. The first-order valence-corrected chi connectivity index (χ1v) is 10.2. The van der Waals surface area contributed by atoms with Crippen LogP contribution in [-0.4, -0.2) is 32.1 Å². The van der Waals surface area contributed by atoms with E-state index in [1.54, 1.807) is 18.6 Å². The van der Waals surface area contributed by atoms with Crippen LogP contribution in [-0.2, 0) is 27.2 Å². The Morgan fingerprint density at radius 3 is 2.60 bits per heavy atom. The van der Waals surface area contributed by atoms with E-state index in [1.165, 1.54) is 0 Å². The number of rotatable bonds is 4. The number of carbonyl (C=O) groups is 1. The quantitative estimate of drug-likeness (QED) is 0.494. The molecular weight excluding hydrogens is 547 g/mol. The van der Waals surface area contributed by atoms with Crippen molar-refractivity contribution in [2.45, 2.75) is 45.6 Å². The van der Waals surface area contributed by atoms with E-state index in [9.17, 15) is 9.90 Å². The fourth-order valence-electron chi connectivity index (χ4n) is 5.12. The number of nitrogens with zero attached hydrogens (tertiary/aromatic N) is 4. The summed E-state index contributed by atoms with van der Waals surface area (Å²) in [6.45, 7) is 3.95. The third kappa shape index (κ3) is 3.55. The van der Waals surface area contributed by atoms with E-state index in [0.717, 1.165) is 47.8 Å². The Balaban J connectivity index is 0.00000218. The molecule has 1 unspecified atom stereocenters. The molecule has 155 valence electrons. The van der Waals surface area contributed by atoms with Crippen LogP contribution in [0.5, 0.6) is 0 Å². The molecular formula is C22H24N5O2Ta-. The van der Waals surface area contributed by atoms with Crippen molar-refractivity contribution in [1.82, 2.24) is 19.9 Å². The maximum absolute atomic E-state index is 12.0. The van der Waals surface area contributed by atoms with Crippen LogP contribution >= 0.6 is 0 Å². The molecule has 2 N–H and O–H groups in total. The van der Waals surface area contributed by atoms with Crippen LogP contribution in [0.25, 0.3) is 22.4 Å². The summed E-state index contributed by atoms with van der Waals surface area (Å²) in [4.78, 5) is 30.0. The summed E-state index contributed by atoms with van der Waals surface area (Å²) in [5.74, 6) is 0.890. The molecule has 30 heavy (non-hydrogen) atoms. The van der Waals surface area contributed by atoms with Crippen LogP contribution < -0.4 is 10.3 Å². The number of nitrogens with one attached hydrogen (secondary N) is 1. The van der Waals surface area contributed by atoms with E-state index >= 15 is 0 Å². The van der Waals surface area contributed by atoms with Crippen LogP contribution in [0.15, 0.2) is 24.7 Å². The maximum Gasteiger partial charge on any atom is 0.308 e. The molecule has 3 aliphatic carbocycles. The van der Waals surface area contributed by atoms with Gasteiger partial charge in [0.15, 0.2) is 5.82 Å². The first-order chi connectivity index (χ1) is 14.0. The Kier molecular flexibility index (Phi) is 5.70. The van der Waals surface area contributed by atoms with Crippen LogP contribution in [0.2, 0.25) is 0 Å². The third-order valence-electron chi connectivity index (χ3n) is 6.63. The van der Waals surface area contributed by atoms with Gasteiger partial charge in [0.25, 0.3) is 0 Å². The molecule has 3 aromatic heterocycles. The Morgan fingerprint density at radius 1 is 1.13 bits per heavy atom. The molecule has 3 aromatic rings. The van der Waals surface area contributed by atoms with Gasteiger partial charge in [-0.05, 0) is 56.8 Å². The van der Waals surface area contributed by atoms with E-state index in [1.807, 2.05) is 19.9 Å². The van der Waals surface area contributed by atoms with Gasteiger partial charge in [0.2, 0.25) is 0 Å². The number of hydrogen-bond donors (Lipinski definition) is 2. The first-order valence-electron chi connectivity index (χ1n) is 10.2. The van der Waals surface area contributed by atoms with Gasteiger partial charge in [-0.15, -0.1) is 0 Å². The second-order valence-electron chi connectivity index (χ2n) is 8.49.